The van der Waals surface area contributed by atoms with Gasteiger partial charge in [0.1, 0.15) is 11.4 Å². The molecule has 2 heterocycles. The molecule has 0 spiro atoms. The average molecular weight is 424 g/mol. The first kappa shape index (κ1) is 24.3. The standard InChI is InChI=1S/C25H33N3O3/c1-9-20(16(3)11-17(4)22(29)10-2)21-12-18-15-27-23(13-19(18)14-26-21)28(8)24(30)31-25(5,6)7/h9,11-15,22,29H,4,10H2,1-3,5-8H3/b16-11-,20-9+. The first-order valence-electron chi connectivity index (χ1n) is 10.4. The predicted octanol–water partition coefficient (Wildman–Crippen LogP) is 5.68. The number of amides is 1. The van der Waals surface area contributed by atoms with E-state index in [9.17, 15) is 9.90 Å². The summed E-state index contributed by atoms with van der Waals surface area (Å²) >= 11 is 0. The molecule has 2 aromatic rings. The molecule has 6 heteroatoms. The number of rotatable bonds is 6. The number of allylic oxidation sites excluding steroid dienone is 3. The second-order valence-electron chi connectivity index (χ2n) is 8.53. The maximum Gasteiger partial charge on any atom is 0.415 e. The zero-order valence-corrected chi connectivity index (χ0v) is 19.6. The number of fused-ring (bicyclic) bond motifs is 1. The Morgan fingerprint density at radius 1 is 1.26 bits per heavy atom. The van der Waals surface area contributed by atoms with Crippen LogP contribution in [0.25, 0.3) is 16.3 Å². The molecule has 0 fully saturated rings. The van der Waals surface area contributed by atoms with Gasteiger partial charge in [-0.25, -0.2) is 9.78 Å². The molecule has 0 saturated heterocycles. The summed E-state index contributed by atoms with van der Waals surface area (Å²) in [5.74, 6) is 0.489. The van der Waals surface area contributed by atoms with Gasteiger partial charge in [0.2, 0.25) is 0 Å². The van der Waals surface area contributed by atoms with E-state index in [0.29, 0.717) is 17.8 Å². The number of hydrogen-bond donors (Lipinski definition) is 1. The summed E-state index contributed by atoms with van der Waals surface area (Å²) in [7, 11) is 1.63. The summed E-state index contributed by atoms with van der Waals surface area (Å²) in [5.41, 5.74) is 2.84. The number of carbonyl (C=O) groups excluding carboxylic acids is 1. The molecule has 0 aliphatic carbocycles. The lowest BCUT2D eigenvalue weighted by Gasteiger charge is -2.24. The van der Waals surface area contributed by atoms with Crippen molar-refractivity contribution in [2.75, 3.05) is 11.9 Å². The molecule has 1 unspecified atom stereocenters. The fraction of sp³-hybridized carbons (Fsp3) is 0.400. The largest absolute Gasteiger partial charge is 0.443 e. The van der Waals surface area contributed by atoms with Gasteiger partial charge in [-0.2, -0.15) is 0 Å². The van der Waals surface area contributed by atoms with Gasteiger partial charge in [0.05, 0.1) is 11.8 Å². The van der Waals surface area contributed by atoms with Gasteiger partial charge in [-0.15, -0.1) is 0 Å². The van der Waals surface area contributed by atoms with Crippen LogP contribution in [0.5, 0.6) is 0 Å². The molecule has 0 aliphatic heterocycles. The molecule has 1 amide bonds. The van der Waals surface area contributed by atoms with Gasteiger partial charge < -0.3 is 9.84 Å². The molecule has 0 radical (unpaired) electrons. The van der Waals surface area contributed by atoms with Gasteiger partial charge in [0.25, 0.3) is 0 Å². The van der Waals surface area contributed by atoms with Gasteiger partial charge in [-0.05, 0) is 69.9 Å². The lowest BCUT2D eigenvalue weighted by atomic mass is 9.98. The van der Waals surface area contributed by atoms with E-state index in [1.54, 1.807) is 19.4 Å². The second-order valence-corrected chi connectivity index (χ2v) is 8.53. The Morgan fingerprint density at radius 3 is 2.45 bits per heavy atom. The van der Waals surface area contributed by atoms with Crippen molar-refractivity contribution >= 4 is 28.3 Å². The highest BCUT2D eigenvalue weighted by molar-refractivity contribution is 5.92. The summed E-state index contributed by atoms with van der Waals surface area (Å²) in [5, 5.41) is 11.8. The van der Waals surface area contributed by atoms with E-state index in [1.807, 2.05) is 65.8 Å². The van der Waals surface area contributed by atoms with Crippen molar-refractivity contribution in [3.8, 4) is 0 Å². The number of ether oxygens (including phenoxy) is 1. The number of nitrogens with zero attached hydrogens (tertiary/aromatic N) is 3. The quantitative estimate of drug-likeness (QED) is 0.605. The van der Waals surface area contributed by atoms with E-state index in [1.165, 1.54) is 4.90 Å². The first-order chi connectivity index (χ1) is 14.5. The van der Waals surface area contributed by atoms with Crippen LogP contribution in [0.2, 0.25) is 0 Å². The van der Waals surface area contributed by atoms with Crippen LogP contribution in [-0.4, -0.2) is 39.9 Å². The molecule has 1 N–H and O–H groups in total. The molecule has 6 nitrogen and oxygen atoms in total. The lowest BCUT2D eigenvalue weighted by molar-refractivity contribution is 0.0588. The minimum atomic E-state index is -0.578. The highest BCUT2D eigenvalue weighted by Gasteiger charge is 2.21. The third kappa shape index (κ3) is 6.25. The van der Waals surface area contributed by atoms with E-state index in [4.69, 9.17) is 4.74 Å². The summed E-state index contributed by atoms with van der Waals surface area (Å²) in [6.07, 6.45) is 6.98. The van der Waals surface area contributed by atoms with Gasteiger partial charge in [-0.3, -0.25) is 9.88 Å². The van der Waals surface area contributed by atoms with E-state index in [0.717, 1.165) is 27.6 Å². The van der Waals surface area contributed by atoms with Crippen molar-refractivity contribution in [1.82, 2.24) is 9.97 Å². The molecule has 2 aromatic heterocycles. The minimum Gasteiger partial charge on any atom is -0.443 e. The maximum absolute atomic E-state index is 12.3. The molecule has 166 valence electrons. The topological polar surface area (TPSA) is 75.6 Å². The van der Waals surface area contributed by atoms with Crippen LogP contribution >= 0.6 is 0 Å². The molecule has 1 atom stereocenters. The Bertz CT molecular complexity index is 1030. The summed E-state index contributed by atoms with van der Waals surface area (Å²) in [4.78, 5) is 22.7. The molecule has 2 rings (SSSR count). The van der Waals surface area contributed by atoms with Crippen molar-refractivity contribution in [2.45, 2.75) is 59.7 Å². The number of carbonyl (C=O) groups is 1. The van der Waals surface area contributed by atoms with Crippen molar-refractivity contribution in [3.05, 3.63) is 60.1 Å². The molecule has 0 bridgehead atoms. The van der Waals surface area contributed by atoms with Gasteiger partial charge in [0, 0.05) is 30.2 Å². The van der Waals surface area contributed by atoms with Gasteiger partial charge in [-0.1, -0.05) is 25.7 Å². The first-order valence-corrected chi connectivity index (χ1v) is 10.4. The van der Waals surface area contributed by atoms with Crippen LogP contribution in [-0.2, 0) is 4.74 Å². The van der Waals surface area contributed by atoms with Crippen LogP contribution in [0, 0.1) is 0 Å². The number of pyridine rings is 2. The zero-order chi connectivity index (χ0) is 23.3. The third-order valence-electron chi connectivity index (χ3n) is 4.81. The molecular weight excluding hydrogens is 390 g/mol. The Balaban J connectivity index is 2.33. The van der Waals surface area contributed by atoms with Crippen LogP contribution in [0.15, 0.2) is 54.4 Å². The average Bonchev–Trinajstić information content (AvgIpc) is 2.71. The highest BCUT2D eigenvalue weighted by atomic mass is 16.6. The molecule has 0 aliphatic rings. The van der Waals surface area contributed by atoms with Crippen LogP contribution in [0.1, 0.15) is 53.7 Å². The van der Waals surface area contributed by atoms with E-state index < -0.39 is 17.8 Å². The van der Waals surface area contributed by atoms with Crippen LogP contribution in [0.4, 0.5) is 10.6 Å². The van der Waals surface area contributed by atoms with E-state index in [-0.39, 0.29) is 0 Å². The monoisotopic (exact) mass is 423 g/mol. The molecule has 0 aromatic carbocycles. The summed E-state index contributed by atoms with van der Waals surface area (Å²) in [6, 6.07) is 3.78. The van der Waals surface area contributed by atoms with Crippen LogP contribution in [0.3, 0.4) is 0 Å². The Morgan fingerprint density at radius 2 is 1.87 bits per heavy atom. The van der Waals surface area contributed by atoms with Crippen LogP contribution < -0.4 is 4.90 Å². The number of aliphatic hydroxyl groups excluding tert-OH is 1. The minimum absolute atomic E-state index is 0.463. The normalized spacial score (nSPS) is 13.8. The van der Waals surface area contributed by atoms with E-state index >= 15 is 0 Å². The zero-order valence-electron chi connectivity index (χ0n) is 19.6. The summed E-state index contributed by atoms with van der Waals surface area (Å²) in [6.45, 7) is 15.3. The fourth-order valence-electron chi connectivity index (χ4n) is 3.07. The number of hydrogen-bond acceptors (Lipinski definition) is 5. The smallest absolute Gasteiger partial charge is 0.415 e. The molecule has 31 heavy (non-hydrogen) atoms. The maximum atomic E-state index is 12.3. The predicted molar refractivity (Wildman–Crippen MR) is 127 cm³/mol. The Labute approximate surface area is 185 Å². The number of aromatic nitrogens is 2. The number of aliphatic hydroxyl groups is 1. The highest BCUT2D eigenvalue weighted by Crippen LogP contribution is 2.27. The van der Waals surface area contributed by atoms with Gasteiger partial charge in [0.15, 0.2) is 0 Å². The lowest BCUT2D eigenvalue weighted by Crippen LogP contribution is -2.34. The third-order valence-corrected chi connectivity index (χ3v) is 4.81. The molecular formula is C25H33N3O3. The van der Waals surface area contributed by atoms with Gasteiger partial charge >= 0.3 is 6.09 Å². The molecule has 0 saturated carbocycles. The SMILES string of the molecule is C=C(/C=C(C)\C(=C/C)c1cc2cnc(N(C)C(=O)OC(C)(C)C)cc2cn1)C(O)CC. The number of anilines is 1. The Hall–Kier alpha value is -2.99. The second kappa shape index (κ2) is 9.88. The van der Waals surface area contributed by atoms with Crippen molar-refractivity contribution < 1.29 is 14.6 Å². The summed E-state index contributed by atoms with van der Waals surface area (Å²) < 4.78 is 5.41. The van der Waals surface area contributed by atoms with Crippen molar-refractivity contribution in [1.29, 1.82) is 0 Å². The van der Waals surface area contributed by atoms with E-state index in [2.05, 4.69) is 16.5 Å². The Kier molecular flexibility index (Phi) is 7.74. The van der Waals surface area contributed by atoms with Crippen molar-refractivity contribution in [3.63, 3.8) is 0 Å². The van der Waals surface area contributed by atoms with Crippen molar-refractivity contribution in [2.24, 2.45) is 0 Å². The fourth-order valence-corrected chi connectivity index (χ4v) is 3.07.